The van der Waals surface area contributed by atoms with Crippen LogP contribution in [0, 0.1) is 6.92 Å². The highest BCUT2D eigenvalue weighted by Gasteiger charge is 2.28. The Labute approximate surface area is 118 Å². The van der Waals surface area contributed by atoms with Crippen molar-refractivity contribution in [2.75, 3.05) is 12.4 Å². The highest BCUT2D eigenvalue weighted by Crippen LogP contribution is 2.22. The molecule has 5 heteroatoms. The second-order valence-electron chi connectivity index (χ2n) is 5.34. The number of rotatable bonds is 4. The molecular weight excluding hydrogens is 254 g/mol. The van der Waals surface area contributed by atoms with Crippen LogP contribution in [-0.4, -0.2) is 28.2 Å². The smallest absolute Gasteiger partial charge is 0.258 e. The number of methoxy groups -OCH3 is 1. The standard InChI is InChI=1S/C15H21N3O2/c1-6-18-12-8-7-10(2)9-11(12)16-14(18)17-13(19)15(3,4)20-5/h7-9H,6H2,1-5H3,(H,16,17,19). The molecule has 0 aliphatic carbocycles. The third-order valence-corrected chi connectivity index (χ3v) is 3.50. The van der Waals surface area contributed by atoms with Crippen LogP contribution < -0.4 is 5.32 Å². The fourth-order valence-electron chi connectivity index (χ4n) is 2.00. The van der Waals surface area contributed by atoms with Gasteiger partial charge in [0.2, 0.25) is 5.95 Å². The molecule has 0 aliphatic heterocycles. The summed E-state index contributed by atoms with van der Waals surface area (Å²) < 4.78 is 7.17. The number of aromatic nitrogens is 2. The molecule has 0 bridgehead atoms. The third-order valence-electron chi connectivity index (χ3n) is 3.50. The van der Waals surface area contributed by atoms with Crippen LogP contribution in [-0.2, 0) is 16.1 Å². The Bertz CT molecular complexity index is 644. The van der Waals surface area contributed by atoms with Crippen molar-refractivity contribution in [2.24, 2.45) is 0 Å². The van der Waals surface area contributed by atoms with E-state index >= 15 is 0 Å². The Kier molecular flexibility index (Phi) is 3.81. The second kappa shape index (κ2) is 5.25. The topological polar surface area (TPSA) is 56.2 Å². The fourth-order valence-corrected chi connectivity index (χ4v) is 2.00. The van der Waals surface area contributed by atoms with Gasteiger partial charge in [-0.2, -0.15) is 0 Å². The quantitative estimate of drug-likeness (QED) is 0.933. The van der Waals surface area contributed by atoms with E-state index in [4.69, 9.17) is 4.74 Å². The van der Waals surface area contributed by atoms with E-state index in [1.165, 1.54) is 7.11 Å². The number of benzene rings is 1. The monoisotopic (exact) mass is 275 g/mol. The number of amides is 1. The van der Waals surface area contributed by atoms with Crippen LogP contribution >= 0.6 is 0 Å². The normalized spacial score (nSPS) is 11.8. The van der Waals surface area contributed by atoms with Gasteiger partial charge in [-0.25, -0.2) is 4.98 Å². The van der Waals surface area contributed by atoms with Crippen LogP contribution in [0.3, 0.4) is 0 Å². The average molecular weight is 275 g/mol. The number of fused-ring (bicyclic) bond motifs is 1. The molecule has 5 nitrogen and oxygen atoms in total. The summed E-state index contributed by atoms with van der Waals surface area (Å²) in [5, 5.41) is 2.85. The lowest BCUT2D eigenvalue weighted by Gasteiger charge is -2.21. The summed E-state index contributed by atoms with van der Waals surface area (Å²) in [6.07, 6.45) is 0. The second-order valence-corrected chi connectivity index (χ2v) is 5.34. The average Bonchev–Trinajstić information content (AvgIpc) is 2.74. The molecule has 0 aliphatic rings. The summed E-state index contributed by atoms with van der Waals surface area (Å²) >= 11 is 0. The molecule has 0 atom stereocenters. The first-order valence-corrected chi connectivity index (χ1v) is 6.72. The maximum atomic E-state index is 12.2. The van der Waals surface area contributed by atoms with E-state index in [1.807, 2.05) is 36.6 Å². The molecule has 2 rings (SSSR count). The van der Waals surface area contributed by atoms with E-state index in [9.17, 15) is 4.79 Å². The van der Waals surface area contributed by atoms with E-state index in [1.54, 1.807) is 13.8 Å². The number of carbonyl (C=O) groups is 1. The first-order chi connectivity index (χ1) is 9.39. The van der Waals surface area contributed by atoms with Gasteiger partial charge in [-0.3, -0.25) is 10.1 Å². The first-order valence-electron chi connectivity index (χ1n) is 6.72. The van der Waals surface area contributed by atoms with Crippen LogP contribution in [0.25, 0.3) is 11.0 Å². The van der Waals surface area contributed by atoms with Crippen LogP contribution in [0.4, 0.5) is 5.95 Å². The number of anilines is 1. The lowest BCUT2D eigenvalue weighted by Crippen LogP contribution is -2.39. The Morgan fingerprint density at radius 3 is 2.75 bits per heavy atom. The van der Waals surface area contributed by atoms with Crippen LogP contribution in [0.5, 0.6) is 0 Å². The molecule has 2 aromatic rings. The highest BCUT2D eigenvalue weighted by molar-refractivity contribution is 5.96. The Morgan fingerprint density at radius 2 is 2.15 bits per heavy atom. The molecule has 1 heterocycles. The molecule has 0 saturated heterocycles. The fraction of sp³-hybridized carbons (Fsp3) is 0.467. The van der Waals surface area contributed by atoms with E-state index in [2.05, 4.69) is 10.3 Å². The van der Waals surface area contributed by atoms with Crippen molar-refractivity contribution in [1.29, 1.82) is 0 Å². The van der Waals surface area contributed by atoms with Crippen molar-refractivity contribution in [3.63, 3.8) is 0 Å². The zero-order chi connectivity index (χ0) is 14.9. The van der Waals surface area contributed by atoms with Gasteiger partial charge in [-0.15, -0.1) is 0 Å². The number of hydrogen-bond acceptors (Lipinski definition) is 3. The summed E-state index contributed by atoms with van der Waals surface area (Å²) in [6.45, 7) is 8.24. The van der Waals surface area contributed by atoms with Crippen molar-refractivity contribution in [1.82, 2.24) is 9.55 Å². The third kappa shape index (κ3) is 2.54. The molecule has 1 N–H and O–H groups in total. The molecule has 1 aromatic heterocycles. The number of ether oxygens (including phenoxy) is 1. The van der Waals surface area contributed by atoms with Crippen LogP contribution in [0.2, 0.25) is 0 Å². The SMILES string of the molecule is CCn1c(NC(=O)C(C)(C)OC)nc2cc(C)ccc21. The van der Waals surface area contributed by atoms with Crippen molar-refractivity contribution in [2.45, 2.75) is 39.8 Å². The molecular formula is C15H21N3O2. The van der Waals surface area contributed by atoms with Crippen molar-refractivity contribution in [3.8, 4) is 0 Å². The zero-order valence-electron chi connectivity index (χ0n) is 12.7. The number of carbonyl (C=O) groups excluding carboxylic acids is 1. The molecule has 0 saturated carbocycles. The first kappa shape index (κ1) is 14.5. The van der Waals surface area contributed by atoms with Gasteiger partial charge in [0.05, 0.1) is 11.0 Å². The molecule has 0 spiro atoms. The van der Waals surface area contributed by atoms with E-state index in [-0.39, 0.29) is 5.91 Å². The molecule has 0 radical (unpaired) electrons. The lowest BCUT2D eigenvalue weighted by molar-refractivity contribution is -0.133. The van der Waals surface area contributed by atoms with Gasteiger partial charge in [-0.05, 0) is 45.4 Å². The molecule has 0 fully saturated rings. The number of aryl methyl sites for hydroxylation is 2. The van der Waals surface area contributed by atoms with E-state index < -0.39 is 5.60 Å². The number of nitrogens with zero attached hydrogens (tertiary/aromatic N) is 2. The Balaban J connectivity index is 2.42. The summed E-state index contributed by atoms with van der Waals surface area (Å²) in [5.41, 5.74) is 2.17. The highest BCUT2D eigenvalue weighted by atomic mass is 16.5. The predicted molar refractivity (Wildman–Crippen MR) is 79.9 cm³/mol. The lowest BCUT2D eigenvalue weighted by atomic mass is 10.1. The van der Waals surface area contributed by atoms with Gasteiger partial charge in [0.25, 0.3) is 5.91 Å². The van der Waals surface area contributed by atoms with E-state index in [0.29, 0.717) is 5.95 Å². The van der Waals surface area contributed by atoms with E-state index in [0.717, 1.165) is 23.1 Å². The molecule has 108 valence electrons. The van der Waals surface area contributed by atoms with Gasteiger partial charge < -0.3 is 9.30 Å². The van der Waals surface area contributed by atoms with Crippen molar-refractivity contribution in [3.05, 3.63) is 23.8 Å². The summed E-state index contributed by atoms with van der Waals surface area (Å²) in [6, 6.07) is 6.08. The number of hydrogen-bond donors (Lipinski definition) is 1. The summed E-state index contributed by atoms with van der Waals surface area (Å²) in [4.78, 5) is 16.7. The Morgan fingerprint density at radius 1 is 1.45 bits per heavy atom. The molecule has 20 heavy (non-hydrogen) atoms. The number of imidazole rings is 1. The van der Waals surface area contributed by atoms with Gasteiger partial charge in [0, 0.05) is 13.7 Å². The minimum atomic E-state index is -0.882. The molecule has 1 aromatic carbocycles. The van der Waals surface area contributed by atoms with Crippen molar-refractivity contribution < 1.29 is 9.53 Å². The van der Waals surface area contributed by atoms with Gasteiger partial charge in [0.1, 0.15) is 5.60 Å². The molecule has 1 amide bonds. The maximum Gasteiger partial charge on any atom is 0.258 e. The van der Waals surface area contributed by atoms with Gasteiger partial charge in [0.15, 0.2) is 0 Å². The summed E-state index contributed by atoms with van der Waals surface area (Å²) in [5.74, 6) is 0.352. The number of nitrogens with one attached hydrogen (secondary N) is 1. The summed E-state index contributed by atoms with van der Waals surface area (Å²) in [7, 11) is 1.52. The largest absolute Gasteiger partial charge is 0.369 e. The van der Waals surface area contributed by atoms with Crippen LogP contribution in [0.15, 0.2) is 18.2 Å². The van der Waals surface area contributed by atoms with Crippen molar-refractivity contribution >= 4 is 22.9 Å². The minimum Gasteiger partial charge on any atom is -0.369 e. The molecule has 0 unspecified atom stereocenters. The maximum absolute atomic E-state index is 12.2. The predicted octanol–water partition coefficient (Wildman–Crippen LogP) is 2.73. The minimum absolute atomic E-state index is 0.207. The Hall–Kier alpha value is -1.88. The van der Waals surface area contributed by atoms with Crippen LogP contribution in [0.1, 0.15) is 26.3 Å². The zero-order valence-corrected chi connectivity index (χ0v) is 12.7. The van der Waals surface area contributed by atoms with Gasteiger partial charge in [-0.1, -0.05) is 6.07 Å². The van der Waals surface area contributed by atoms with Gasteiger partial charge >= 0.3 is 0 Å².